The Balaban J connectivity index is 1.82. The Morgan fingerprint density at radius 2 is 2.04 bits per heavy atom. The number of nitrogens with zero attached hydrogens (tertiary/aromatic N) is 6. The van der Waals surface area contributed by atoms with Crippen molar-refractivity contribution in [2.45, 2.75) is 6.92 Å². The molecule has 24 heavy (non-hydrogen) atoms. The third-order valence-corrected chi connectivity index (χ3v) is 3.71. The zero-order valence-electron chi connectivity index (χ0n) is 13.0. The molecule has 4 aromatic rings. The molecule has 0 unspecified atom stereocenters. The van der Waals surface area contributed by atoms with Gasteiger partial charge in [-0.05, 0) is 25.1 Å². The van der Waals surface area contributed by atoms with Gasteiger partial charge < -0.3 is 9.09 Å². The molecule has 0 saturated carbocycles. The molecule has 8 nitrogen and oxygen atoms in total. The predicted octanol–water partition coefficient (Wildman–Crippen LogP) is 1.75. The van der Waals surface area contributed by atoms with Crippen LogP contribution in [0.4, 0.5) is 0 Å². The molecule has 0 spiro atoms. The van der Waals surface area contributed by atoms with Crippen molar-refractivity contribution in [2.75, 3.05) is 0 Å². The van der Waals surface area contributed by atoms with Crippen LogP contribution >= 0.6 is 0 Å². The van der Waals surface area contributed by atoms with E-state index < -0.39 is 0 Å². The molecular weight excluding hydrogens is 308 g/mol. The summed E-state index contributed by atoms with van der Waals surface area (Å²) < 4.78 is 6.82. The van der Waals surface area contributed by atoms with Gasteiger partial charge >= 0.3 is 0 Å². The molecule has 0 bridgehead atoms. The third kappa shape index (κ3) is 2.24. The van der Waals surface area contributed by atoms with E-state index in [1.165, 1.54) is 0 Å². The Kier molecular flexibility index (Phi) is 3.16. The predicted molar refractivity (Wildman–Crippen MR) is 86.0 cm³/mol. The zero-order valence-corrected chi connectivity index (χ0v) is 13.0. The third-order valence-electron chi connectivity index (χ3n) is 3.71. The Morgan fingerprint density at radius 1 is 1.17 bits per heavy atom. The van der Waals surface area contributed by atoms with Crippen molar-refractivity contribution in [2.24, 2.45) is 7.05 Å². The fourth-order valence-corrected chi connectivity index (χ4v) is 2.47. The molecule has 118 valence electrons. The molecule has 3 aromatic heterocycles. The summed E-state index contributed by atoms with van der Waals surface area (Å²) in [4.78, 5) is 28.7. The van der Waals surface area contributed by atoms with E-state index in [4.69, 9.17) is 4.52 Å². The molecule has 8 heteroatoms. The van der Waals surface area contributed by atoms with E-state index in [0.717, 1.165) is 11.1 Å². The van der Waals surface area contributed by atoms with Crippen molar-refractivity contribution < 1.29 is 4.52 Å². The van der Waals surface area contributed by atoms with Gasteiger partial charge in [-0.3, -0.25) is 9.78 Å². The van der Waals surface area contributed by atoms with Crippen LogP contribution in [0.3, 0.4) is 0 Å². The Hall–Kier alpha value is -3.42. The van der Waals surface area contributed by atoms with E-state index in [0.29, 0.717) is 28.6 Å². The first-order valence-electron chi connectivity index (χ1n) is 7.21. The first-order chi connectivity index (χ1) is 11.6. The summed E-state index contributed by atoms with van der Waals surface area (Å²) in [5.74, 6) is 0.716. The molecule has 0 amide bonds. The van der Waals surface area contributed by atoms with E-state index in [1.807, 2.05) is 18.2 Å². The van der Waals surface area contributed by atoms with E-state index in [9.17, 15) is 4.79 Å². The van der Waals surface area contributed by atoms with Crippen LogP contribution < -0.4 is 5.56 Å². The van der Waals surface area contributed by atoms with E-state index >= 15 is 0 Å². The van der Waals surface area contributed by atoms with Gasteiger partial charge in [0.2, 0.25) is 5.82 Å². The first kappa shape index (κ1) is 14.2. The highest BCUT2D eigenvalue weighted by molar-refractivity contribution is 5.80. The van der Waals surface area contributed by atoms with Crippen molar-refractivity contribution in [1.29, 1.82) is 0 Å². The maximum absolute atomic E-state index is 11.9. The van der Waals surface area contributed by atoms with Gasteiger partial charge in [0.05, 0.1) is 17.2 Å². The highest BCUT2D eigenvalue weighted by atomic mass is 16.5. The largest absolute Gasteiger partial charge is 0.332 e. The van der Waals surface area contributed by atoms with Gasteiger partial charge in [-0.2, -0.15) is 4.98 Å². The zero-order chi connectivity index (χ0) is 16.7. The van der Waals surface area contributed by atoms with Gasteiger partial charge in [-0.15, -0.1) is 0 Å². The Labute approximate surface area is 135 Å². The lowest BCUT2D eigenvalue weighted by Crippen LogP contribution is -2.20. The molecule has 0 aliphatic heterocycles. The SMILES string of the molecule is Cc1nc2cc(-c3noc(-c4cnccn4)n3)ccc2n(C)c1=O. The molecule has 4 rings (SSSR count). The number of benzene rings is 1. The van der Waals surface area contributed by atoms with E-state index in [-0.39, 0.29) is 5.56 Å². The van der Waals surface area contributed by atoms with Crippen molar-refractivity contribution in [3.8, 4) is 23.0 Å². The van der Waals surface area contributed by atoms with Gasteiger partial charge in [-0.25, -0.2) is 9.97 Å². The number of hydrogen-bond acceptors (Lipinski definition) is 7. The van der Waals surface area contributed by atoms with Crippen LogP contribution in [0, 0.1) is 6.92 Å². The van der Waals surface area contributed by atoms with Crippen LogP contribution in [-0.4, -0.2) is 29.7 Å². The quantitative estimate of drug-likeness (QED) is 0.554. The van der Waals surface area contributed by atoms with Crippen LogP contribution in [0.2, 0.25) is 0 Å². The van der Waals surface area contributed by atoms with Crippen LogP contribution in [0.25, 0.3) is 34.0 Å². The van der Waals surface area contributed by atoms with Crippen LogP contribution in [0.15, 0.2) is 46.1 Å². The number of aromatic nitrogens is 6. The lowest BCUT2D eigenvalue weighted by Gasteiger charge is -2.06. The molecular formula is C16H12N6O2. The van der Waals surface area contributed by atoms with Crippen molar-refractivity contribution >= 4 is 11.0 Å². The van der Waals surface area contributed by atoms with Gasteiger partial charge in [0, 0.05) is 25.0 Å². The summed E-state index contributed by atoms with van der Waals surface area (Å²) in [7, 11) is 1.72. The van der Waals surface area contributed by atoms with Crippen molar-refractivity contribution in [3.05, 3.63) is 52.8 Å². The fourth-order valence-electron chi connectivity index (χ4n) is 2.47. The lowest BCUT2D eigenvalue weighted by atomic mass is 10.1. The maximum atomic E-state index is 11.9. The van der Waals surface area contributed by atoms with E-state index in [1.54, 1.807) is 37.1 Å². The molecule has 0 radical (unpaired) electrons. The second kappa shape index (κ2) is 5.34. The molecule has 0 aliphatic rings. The van der Waals surface area contributed by atoms with Gasteiger partial charge in [0.1, 0.15) is 11.4 Å². The van der Waals surface area contributed by atoms with Gasteiger partial charge in [0.25, 0.3) is 11.4 Å². The van der Waals surface area contributed by atoms with Crippen LogP contribution in [0.5, 0.6) is 0 Å². The normalized spacial score (nSPS) is 11.1. The maximum Gasteiger partial charge on any atom is 0.278 e. The Morgan fingerprint density at radius 3 is 2.83 bits per heavy atom. The average molecular weight is 320 g/mol. The van der Waals surface area contributed by atoms with Crippen molar-refractivity contribution in [3.63, 3.8) is 0 Å². The number of fused-ring (bicyclic) bond motifs is 1. The Bertz CT molecular complexity index is 1100. The van der Waals surface area contributed by atoms with E-state index in [2.05, 4.69) is 25.1 Å². The minimum Gasteiger partial charge on any atom is -0.332 e. The van der Waals surface area contributed by atoms with Gasteiger partial charge in [-0.1, -0.05) is 5.16 Å². The highest BCUT2D eigenvalue weighted by Gasteiger charge is 2.13. The van der Waals surface area contributed by atoms with Crippen LogP contribution in [-0.2, 0) is 7.05 Å². The summed E-state index contributed by atoms with van der Waals surface area (Å²) in [6.07, 6.45) is 4.68. The minimum atomic E-state index is -0.111. The number of hydrogen-bond donors (Lipinski definition) is 0. The fraction of sp³-hybridized carbons (Fsp3) is 0.125. The topological polar surface area (TPSA) is 99.6 Å². The molecule has 1 aromatic carbocycles. The molecule has 3 heterocycles. The molecule has 0 saturated heterocycles. The smallest absolute Gasteiger partial charge is 0.278 e. The monoisotopic (exact) mass is 320 g/mol. The molecule has 0 atom stereocenters. The standard InChI is InChI=1S/C16H12N6O2/c1-9-16(23)22(2)13-4-3-10(7-11(13)19-9)14-20-15(24-21-14)12-8-17-5-6-18-12/h3-8H,1-2H3. The molecule has 0 fully saturated rings. The number of aryl methyl sites for hydroxylation is 2. The van der Waals surface area contributed by atoms with Gasteiger partial charge in [0.15, 0.2) is 0 Å². The first-order valence-corrected chi connectivity index (χ1v) is 7.21. The molecule has 0 N–H and O–H groups in total. The highest BCUT2D eigenvalue weighted by Crippen LogP contribution is 2.23. The second-order valence-electron chi connectivity index (χ2n) is 5.28. The lowest BCUT2D eigenvalue weighted by molar-refractivity contribution is 0.431. The minimum absolute atomic E-state index is 0.111. The van der Waals surface area contributed by atoms with Crippen LogP contribution in [0.1, 0.15) is 5.69 Å². The summed E-state index contributed by atoms with van der Waals surface area (Å²) in [6.45, 7) is 1.69. The summed E-state index contributed by atoms with van der Waals surface area (Å²) in [5, 5.41) is 3.98. The average Bonchev–Trinajstić information content (AvgIpc) is 3.10. The molecule has 0 aliphatic carbocycles. The summed E-state index contributed by atoms with van der Waals surface area (Å²) in [5.41, 5.74) is 3.01. The summed E-state index contributed by atoms with van der Waals surface area (Å²) in [6, 6.07) is 5.47. The second-order valence-corrected chi connectivity index (χ2v) is 5.28. The van der Waals surface area contributed by atoms with Crippen molar-refractivity contribution in [1.82, 2.24) is 29.7 Å². The summed E-state index contributed by atoms with van der Waals surface area (Å²) >= 11 is 0. The number of rotatable bonds is 2.